The molecule has 0 radical (unpaired) electrons. The molecule has 2 N–H and O–H groups in total. The average Bonchev–Trinajstić information content (AvgIpc) is 2.76. The first-order valence-corrected chi connectivity index (χ1v) is 10.1. The number of halogens is 3. The van der Waals surface area contributed by atoms with Crippen LogP contribution in [0.5, 0.6) is 5.75 Å². The molecule has 2 amide bonds. The molecule has 0 aliphatic rings. The highest BCUT2D eigenvalue weighted by molar-refractivity contribution is 6.39. The first-order valence-electron chi connectivity index (χ1n) is 8.99. The fraction of sp³-hybridized carbons (Fsp3) is 0. The summed E-state index contributed by atoms with van der Waals surface area (Å²) in [5.41, 5.74) is 3.32. The lowest BCUT2D eigenvalue weighted by Crippen LogP contribution is -2.32. The molecule has 0 spiro atoms. The number of hydrazone groups is 1. The van der Waals surface area contributed by atoms with Crippen molar-refractivity contribution in [3.63, 3.8) is 0 Å². The van der Waals surface area contributed by atoms with Gasteiger partial charge in [0.25, 0.3) is 0 Å². The van der Waals surface area contributed by atoms with E-state index in [9.17, 15) is 14.4 Å². The molecule has 0 aromatic heterocycles. The lowest BCUT2D eigenvalue weighted by atomic mass is 10.2. The predicted octanol–water partition coefficient (Wildman–Crippen LogP) is 4.95. The van der Waals surface area contributed by atoms with Crippen LogP contribution in [-0.2, 0) is 9.59 Å². The third-order valence-corrected chi connectivity index (χ3v) is 4.73. The molecular formula is C22H14Cl3N3O4. The number of carbonyl (C=O) groups excluding carboxylic acids is 3. The van der Waals surface area contributed by atoms with Gasteiger partial charge in [-0.25, -0.2) is 10.2 Å². The van der Waals surface area contributed by atoms with Crippen molar-refractivity contribution in [1.29, 1.82) is 0 Å². The van der Waals surface area contributed by atoms with Gasteiger partial charge in [0.05, 0.1) is 16.8 Å². The Balaban J connectivity index is 1.52. The summed E-state index contributed by atoms with van der Waals surface area (Å²) in [4.78, 5) is 35.9. The van der Waals surface area contributed by atoms with Gasteiger partial charge in [-0.1, -0.05) is 34.8 Å². The Morgan fingerprint density at radius 3 is 2.12 bits per heavy atom. The Morgan fingerprint density at radius 2 is 1.47 bits per heavy atom. The van der Waals surface area contributed by atoms with Gasteiger partial charge >= 0.3 is 17.8 Å². The Labute approximate surface area is 197 Å². The molecule has 7 nitrogen and oxygen atoms in total. The smallest absolute Gasteiger partial charge is 0.345 e. The second-order valence-corrected chi connectivity index (χ2v) is 7.52. The van der Waals surface area contributed by atoms with Crippen LogP contribution in [0.25, 0.3) is 0 Å². The van der Waals surface area contributed by atoms with E-state index in [4.69, 9.17) is 39.5 Å². The molecule has 0 bridgehead atoms. The number of anilines is 1. The number of ether oxygens (including phenoxy) is 1. The molecule has 0 saturated carbocycles. The van der Waals surface area contributed by atoms with Crippen molar-refractivity contribution < 1.29 is 19.1 Å². The molecule has 0 unspecified atom stereocenters. The van der Waals surface area contributed by atoms with Crippen LogP contribution >= 0.6 is 34.8 Å². The zero-order chi connectivity index (χ0) is 23.1. The fourth-order valence-electron chi connectivity index (χ4n) is 2.38. The van der Waals surface area contributed by atoms with Crippen molar-refractivity contribution in [3.8, 4) is 5.75 Å². The van der Waals surface area contributed by atoms with E-state index in [1.807, 2.05) is 0 Å². The lowest BCUT2D eigenvalue weighted by molar-refractivity contribution is -0.136. The first-order chi connectivity index (χ1) is 15.3. The molecule has 0 aliphatic heterocycles. The van der Waals surface area contributed by atoms with Gasteiger partial charge in [-0.05, 0) is 72.3 Å². The molecule has 0 saturated heterocycles. The van der Waals surface area contributed by atoms with Crippen molar-refractivity contribution in [2.24, 2.45) is 5.10 Å². The normalized spacial score (nSPS) is 10.6. The van der Waals surface area contributed by atoms with E-state index in [1.165, 1.54) is 36.5 Å². The van der Waals surface area contributed by atoms with Crippen LogP contribution in [0.4, 0.5) is 5.69 Å². The second kappa shape index (κ2) is 10.8. The van der Waals surface area contributed by atoms with Crippen molar-refractivity contribution in [3.05, 3.63) is 92.9 Å². The number of rotatable bonds is 5. The maximum atomic E-state index is 12.2. The van der Waals surface area contributed by atoms with E-state index in [0.29, 0.717) is 21.3 Å². The fourth-order valence-corrected chi connectivity index (χ4v) is 2.99. The Hall–Kier alpha value is -3.39. The first kappa shape index (κ1) is 23.3. The molecule has 10 heteroatoms. The van der Waals surface area contributed by atoms with Gasteiger partial charge in [0.1, 0.15) is 5.75 Å². The number of esters is 1. The van der Waals surface area contributed by atoms with Crippen molar-refractivity contribution in [2.75, 3.05) is 5.32 Å². The molecule has 162 valence electrons. The molecule has 0 heterocycles. The van der Waals surface area contributed by atoms with E-state index in [-0.39, 0.29) is 16.3 Å². The molecule has 3 rings (SSSR count). The zero-order valence-electron chi connectivity index (χ0n) is 16.1. The van der Waals surface area contributed by atoms with Gasteiger partial charge in [0.2, 0.25) is 0 Å². The molecule has 0 atom stereocenters. The quantitative estimate of drug-likeness (QED) is 0.174. The molecule has 3 aromatic rings. The number of carbonyl (C=O) groups is 3. The van der Waals surface area contributed by atoms with Gasteiger partial charge < -0.3 is 10.1 Å². The topological polar surface area (TPSA) is 96.9 Å². The van der Waals surface area contributed by atoms with Crippen molar-refractivity contribution in [2.45, 2.75) is 0 Å². The van der Waals surface area contributed by atoms with E-state index in [2.05, 4.69) is 15.8 Å². The molecular weight excluding hydrogens is 477 g/mol. The Bertz CT molecular complexity index is 1180. The molecule has 0 aliphatic carbocycles. The standard InChI is InChI=1S/C22H14Cl3N3O4/c23-14-3-6-16(7-4-14)27-20(29)21(30)28-26-12-13-1-8-17(9-2-13)32-22(31)18-10-5-15(24)11-19(18)25/h1-12H,(H,27,29)(H,28,30). The van der Waals surface area contributed by atoms with Crippen molar-refractivity contribution in [1.82, 2.24) is 5.43 Å². The van der Waals surface area contributed by atoms with Crippen LogP contribution in [-0.4, -0.2) is 24.0 Å². The van der Waals surface area contributed by atoms with Crippen LogP contribution in [0, 0.1) is 0 Å². The van der Waals surface area contributed by atoms with E-state index in [0.717, 1.165) is 0 Å². The summed E-state index contributed by atoms with van der Waals surface area (Å²) in [7, 11) is 0. The maximum Gasteiger partial charge on any atom is 0.345 e. The minimum Gasteiger partial charge on any atom is -0.423 e. The highest BCUT2D eigenvalue weighted by Gasteiger charge is 2.14. The van der Waals surface area contributed by atoms with Crippen LogP contribution in [0.3, 0.4) is 0 Å². The second-order valence-electron chi connectivity index (χ2n) is 6.24. The zero-order valence-corrected chi connectivity index (χ0v) is 18.4. The lowest BCUT2D eigenvalue weighted by Gasteiger charge is -2.06. The Kier molecular flexibility index (Phi) is 7.83. The molecule has 3 aromatic carbocycles. The van der Waals surface area contributed by atoms with E-state index < -0.39 is 17.8 Å². The third-order valence-electron chi connectivity index (χ3n) is 3.93. The van der Waals surface area contributed by atoms with Crippen LogP contribution in [0.15, 0.2) is 71.8 Å². The van der Waals surface area contributed by atoms with Gasteiger partial charge in [-0.3, -0.25) is 9.59 Å². The van der Waals surface area contributed by atoms with Crippen LogP contribution < -0.4 is 15.5 Å². The Morgan fingerprint density at radius 1 is 0.812 bits per heavy atom. The predicted molar refractivity (Wildman–Crippen MR) is 124 cm³/mol. The minimum absolute atomic E-state index is 0.182. The van der Waals surface area contributed by atoms with E-state index >= 15 is 0 Å². The van der Waals surface area contributed by atoms with Gasteiger partial charge in [0, 0.05) is 15.7 Å². The molecule has 32 heavy (non-hydrogen) atoms. The number of benzene rings is 3. The SMILES string of the molecule is O=C(NN=Cc1ccc(OC(=O)c2ccc(Cl)cc2Cl)cc1)C(=O)Nc1ccc(Cl)cc1. The summed E-state index contributed by atoms with van der Waals surface area (Å²) in [6, 6.07) is 17.0. The van der Waals surface area contributed by atoms with E-state index in [1.54, 1.807) is 36.4 Å². The molecule has 0 fully saturated rings. The van der Waals surface area contributed by atoms with Gasteiger partial charge in [-0.15, -0.1) is 0 Å². The summed E-state index contributed by atoms with van der Waals surface area (Å²) in [5, 5.41) is 7.24. The summed E-state index contributed by atoms with van der Waals surface area (Å²) >= 11 is 17.6. The van der Waals surface area contributed by atoms with Gasteiger partial charge in [0.15, 0.2) is 0 Å². The monoisotopic (exact) mass is 489 g/mol. The highest BCUT2D eigenvalue weighted by Crippen LogP contribution is 2.23. The largest absolute Gasteiger partial charge is 0.423 e. The third kappa shape index (κ3) is 6.55. The summed E-state index contributed by atoms with van der Waals surface area (Å²) in [5.74, 6) is -2.18. The maximum absolute atomic E-state index is 12.2. The average molecular weight is 491 g/mol. The number of nitrogens with one attached hydrogen (secondary N) is 2. The van der Waals surface area contributed by atoms with Gasteiger partial charge in [-0.2, -0.15) is 5.10 Å². The summed E-state index contributed by atoms with van der Waals surface area (Å²) in [6.45, 7) is 0. The van der Waals surface area contributed by atoms with Crippen molar-refractivity contribution >= 4 is 64.5 Å². The summed E-state index contributed by atoms with van der Waals surface area (Å²) in [6.07, 6.45) is 1.33. The highest BCUT2D eigenvalue weighted by atomic mass is 35.5. The number of nitrogens with zero attached hydrogens (tertiary/aromatic N) is 1. The summed E-state index contributed by atoms with van der Waals surface area (Å²) < 4.78 is 5.27. The minimum atomic E-state index is -0.943. The number of amides is 2. The number of hydrogen-bond donors (Lipinski definition) is 2. The van der Waals surface area contributed by atoms with Crippen LogP contribution in [0.2, 0.25) is 15.1 Å². The number of hydrogen-bond acceptors (Lipinski definition) is 5. The van der Waals surface area contributed by atoms with Crippen LogP contribution in [0.1, 0.15) is 15.9 Å².